The summed E-state index contributed by atoms with van der Waals surface area (Å²) in [5.41, 5.74) is 3.29. The molecule has 0 saturated carbocycles. The fourth-order valence-corrected chi connectivity index (χ4v) is 3.16. The molecular formula is C20H30N6. The van der Waals surface area contributed by atoms with Gasteiger partial charge < -0.3 is 20.4 Å². The molecule has 1 aliphatic heterocycles. The lowest BCUT2D eigenvalue weighted by molar-refractivity contribution is 0.425. The van der Waals surface area contributed by atoms with Gasteiger partial charge in [-0.3, -0.25) is 0 Å². The van der Waals surface area contributed by atoms with E-state index in [9.17, 15) is 0 Å². The minimum atomic E-state index is 0.666. The first-order valence-corrected chi connectivity index (χ1v) is 9.46. The lowest BCUT2D eigenvalue weighted by Crippen LogP contribution is -2.29. The largest absolute Gasteiger partial charge is 0.372 e. The Morgan fingerprint density at radius 3 is 2.46 bits per heavy atom. The first-order valence-electron chi connectivity index (χ1n) is 9.46. The topological polar surface area (TPSA) is 56.3 Å². The minimum absolute atomic E-state index is 0.666. The lowest BCUT2D eigenvalue weighted by atomic mass is 10.1. The standard InChI is InChI=1S/C20H30N6/c1-16-15-19(24-20(22-16)21-11-14-25(2)3)23-17-7-9-18(10-8-17)26-12-5-4-6-13-26/h7-10,15H,4-6,11-14H2,1-3H3,(H2,21,22,23,24). The molecule has 26 heavy (non-hydrogen) atoms. The van der Waals surface area contributed by atoms with Crippen molar-refractivity contribution in [2.45, 2.75) is 26.2 Å². The van der Waals surface area contributed by atoms with E-state index in [2.05, 4.69) is 68.8 Å². The van der Waals surface area contributed by atoms with E-state index in [1.165, 1.54) is 38.0 Å². The monoisotopic (exact) mass is 354 g/mol. The summed E-state index contributed by atoms with van der Waals surface area (Å²) < 4.78 is 0. The van der Waals surface area contributed by atoms with Crippen LogP contribution < -0.4 is 15.5 Å². The predicted octanol–water partition coefficient (Wildman–Crippen LogP) is 3.49. The van der Waals surface area contributed by atoms with Crippen LogP contribution in [-0.4, -0.2) is 55.1 Å². The van der Waals surface area contributed by atoms with Crippen LogP contribution in [0.5, 0.6) is 0 Å². The summed E-state index contributed by atoms with van der Waals surface area (Å²) in [6.07, 6.45) is 3.95. The van der Waals surface area contributed by atoms with Crippen molar-refractivity contribution >= 4 is 23.1 Å². The van der Waals surface area contributed by atoms with Crippen LogP contribution in [0.4, 0.5) is 23.1 Å². The highest BCUT2D eigenvalue weighted by Gasteiger charge is 2.10. The maximum absolute atomic E-state index is 4.58. The molecule has 0 unspecified atom stereocenters. The van der Waals surface area contributed by atoms with Gasteiger partial charge in [-0.15, -0.1) is 0 Å². The number of nitrogens with zero attached hydrogens (tertiary/aromatic N) is 4. The highest BCUT2D eigenvalue weighted by atomic mass is 15.2. The molecule has 1 aromatic carbocycles. The zero-order chi connectivity index (χ0) is 18.4. The van der Waals surface area contributed by atoms with E-state index in [1.807, 2.05) is 13.0 Å². The van der Waals surface area contributed by atoms with Crippen molar-refractivity contribution in [2.75, 3.05) is 55.8 Å². The van der Waals surface area contributed by atoms with Crippen LogP contribution in [0.25, 0.3) is 0 Å². The van der Waals surface area contributed by atoms with Gasteiger partial charge in [-0.05, 0) is 64.5 Å². The van der Waals surface area contributed by atoms with E-state index in [1.54, 1.807) is 0 Å². The Morgan fingerprint density at radius 2 is 1.77 bits per heavy atom. The molecule has 0 spiro atoms. The Balaban J connectivity index is 1.63. The third-order valence-corrected chi connectivity index (χ3v) is 4.56. The first-order chi connectivity index (χ1) is 12.6. The number of benzene rings is 1. The second-order valence-electron chi connectivity index (χ2n) is 7.17. The van der Waals surface area contributed by atoms with Crippen LogP contribution >= 0.6 is 0 Å². The van der Waals surface area contributed by atoms with Crippen LogP contribution in [0, 0.1) is 6.92 Å². The Morgan fingerprint density at radius 1 is 1.04 bits per heavy atom. The lowest BCUT2D eigenvalue weighted by Gasteiger charge is -2.28. The van der Waals surface area contributed by atoms with Gasteiger partial charge in [0.05, 0.1) is 0 Å². The van der Waals surface area contributed by atoms with Gasteiger partial charge in [-0.2, -0.15) is 4.98 Å². The molecule has 2 N–H and O–H groups in total. The molecule has 1 aliphatic rings. The van der Waals surface area contributed by atoms with Crippen LogP contribution in [0.3, 0.4) is 0 Å². The van der Waals surface area contributed by atoms with Gasteiger partial charge in [0, 0.05) is 49.3 Å². The highest BCUT2D eigenvalue weighted by molar-refractivity contribution is 5.61. The van der Waals surface area contributed by atoms with Crippen molar-refractivity contribution in [3.8, 4) is 0 Å². The number of hydrogen-bond donors (Lipinski definition) is 2. The van der Waals surface area contributed by atoms with E-state index in [4.69, 9.17) is 0 Å². The van der Waals surface area contributed by atoms with E-state index in [-0.39, 0.29) is 0 Å². The molecule has 0 atom stereocenters. The summed E-state index contributed by atoms with van der Waals surface area (Å²) in [5, 5.41) is 6.68. The molecule has 0 radical (unpaired) electrons. The summed E-state index contributed by atoms with van der Waals surface area (Å²) in [7, 11) is 4.11. The molecule has 2 heterocycles. The smallest absolute Gasteiger partial charge is 0.224 e. The van der Waals surface area contributed by atoms with Crippen molar-refractivity contribution in [1.82, 2.24) is 14.9 Å². The van der Waals surface area contributed by atoms with Crippen LogP contribution in [0.2, 0.25) is 0 Å². The first kappa shape index (κ1) is 18.5. The summed E-state index contributed by atoms with van der Waals surface area (Å²) in [5.74, 6) is 1.48. The van der Waals surface area contributed by atoms with Crippen LogP contribution in [0.15, 0.2) is 30.3 Å². The highest BCUT2D eigenvalue weighted by Crippen LogP contribution is 2.23. The molecule has 2 aromatic rings. The van der Waals surface area contributed by atoms with E-state index < -0.39 is 0 Å². The summed E-state index contributed by atoms with van der Waals surface area (Å²) >= 11 is 0. The van der Waals surface area contributed by atoms with Gasteiger partial charge in [0.1, 0.15) is 5.82 Å². The second-order valence-corrected chi connectivity index (χ2v) is 7.17. The fraction of sp³-hybridized carbons (Fsp3) is 0.500. The third kappa shape index (κ3) is 5.33. The Labute approximate surface area is 156 Å². The molecular weight excluding hydrogens is 324 g/mol. The zero-order valence-corrected chi connectivity index (χ0v) is 16.1. The number of aromatic nitrogens is 2. The molecule has 0 amide bonds. The number of rotatable bonds is 7. The number of aryl methyl sites for hydroxylation is 1. The van der Waals surface area contributed by atoms with Gasteiger partial charge in [-0.1, -0.05) is 0 Å². The molecule has 0 bridgehead atoms. The van der Waals surface area contributed by atoms with Crippen LogP contribution in [-0.2, 0) is 0 Å². The van der Waals surface area contributed by atoms with Crippen molar-refractivity contribution < 1.29 is 0 Å². The number of hydrogen-bond acceptors (Lipinski definition) is 6. The summed E-state index contributed by atoms with van der Waals surface area (Å²) in [6.45, 7) is 6.08. The average molecular weight is 355 g/mol. The number of piperidine rings is 1. The number of likely N-dealkylation sites (N-methyl/N-ethyl adjacent to an activating group) is 1. The zero-order valence-electron chi connectivity index (χ0n) is 16.1. The Bertz CT molecular complexity index is 692. The number of anilines is 4. The molecule has 3 rings (SSSR count). The van der Waals surface area contributed by atoms with E-state index in [0.717, 1.165) is 30.3 Å². The second kappa shape index (κ2) is 8.85. The molecule has 140 valence electrons. The third-order valence-electron chi connectivity index (χ3n) is 4.56. The fourth-order valence-electron chi connectivity index (χ4n) is 3.16. The summed E-state index contributed by atoms with van der Waals surface area (Å²) in [4.78, 5) is 13.6. The maximum Gasteiger partial charge on any atom is 0.224 e. The predicted molar refractivity (Wildman–Crippen MR) is 110 cm³/mol. The van der Waals surface area contributed by atoms with Crippen molar-refractivity contribution in [3.05, 3.63) is 36.0 Å². The normalized spacial score (nSPS) is 14.5. The van der Waals surface area contributed by atoms with Gasteiger partial charge >= 0.3 is 0 Å². The molecule has 0 aliphatic carbocycles. The van der Waals surface area contributed by atoms with Gasteiger partial charge in [0.25, 0.3) is 0 Å². The SMILES string of the molecule is Cc1cc(Nc2ccc(N3CCCCC3)cc2)nc(NCCN(C)C)n1. The molecule has 1 aromatic heterocycles. The van der Waals surface area contributed by atoms with Crippen molar-refractivity contribution in [1.29, 1.82) is 0 Å². The van der Waals surface area contributed by atoms with Gasteiger partial charge in [0.2, 0.25) is 5.95 Å². The Kier molecular flexibility index (Phi) is 6.28. The molecule has 1 fully saturated rings. The maximum atomic E-state index is 4.58. The van der Waals surface area contributed by atoms with E-state index >= 15 is 0 Å². The average Bonchev–Trinajstić information content (AvgIpc) is 2.62. The molecule has 1 saturated heterocycles. The van der Waals surface area contributed by atoms with Gasteiger partial charge in [0.15, 0.2) is 0 Å². The quantitative estimate of drug-likeness (QED) is 0.794. The minimum Gasteiger partial charge on any atom is -0.372 e. The summed E-state index contributed by atoms with van der Waals surface area (Å²) in [6, 6.07) is 10.6. The van der Waals surface area contributed by atoms with E-state index in [0.29, 0.717) is 5.95 Å². The Hall–Kier alpha value is -2.34. The van der Waals surface area contributed by atoms with Crippen molar-refractivity contribution in [2.24, 2.45) is 0 Å². The van der Waals surface area contributed by atoms with Gasteiger partial charge in [-0.25, -0.2) is 4.98 Å². The molecule has 6 heteroatoms. The van der Waals surface area contributed by atoms with Crippen LogP contribution in [0.1, 0.15) is 25.0 Å². The number of nitrogens with one attached hydrogen (secondary N) is 2. The molecule has 6 nitrogen and oxygen atoms in total. The van der Waals surface area contributed by atoms with Crippen molar-refractivity contribution in [3.63, 3.8) is 0 Å².